The van der Waals surface area contributed by atoms with Crippen LogP contribution >= 0.6 is 39.9 Å². The van der Waals surface area contributed by atoms with Gasteiger partial charge in [0.15, 0.2) is 6.61 Å². The van der Waals surface area contributed by atoms with Crippen molar-refractivity contribution in [3.8, 4) is 5.75 Å². The van der Waals surface area contributed by atoms with Crippen molar-refractivity contribution in [1.82, 2.24) is 4.90 Å². The molecule has 2 saturated heterocycles. The standard InChI is InChI=1S/C23H21BrN2O4S2/c24-16-5-7-17(8-6-16)25-21(27)14-30-18-9-3-15(4-10-18)12-20-22(28)26(23(31)32-20)13-19-2-1-11-29-19/h3-10,12,19H,1-2,11,13-14H2,(H,25,27). The number of carbonyl (C=O) groups excluding carboxylic acids is 2. The summed E-state index contributed by atoms with van der Waals surface area (Å²) in [5.41, 5.74) is 1.56. The van der Waals surface area contributed by atoms with Gasteiger partial charge >= 0.3 is 0 Å². The van der Waals surface area contributed by atoms with Gasteiger partial charge < -0.3 is 14.8 Å². The Kier molecular flexibility index (Phi) is 7.62. The Bertz CT molecular complexity index is 1030. The number of carbonyl (C=O) groups is 2. The molecular formula is C23H21BrN2O4S2. The van der Waals surface area contributed by atoms with Gasteiger partial charge in [0.1, 0.15) is 10.1 Å². The number of halogens is 1. The summed E-state index contributed by atoms with van der Waals surface area (Å²) in [7, 11) is 0. The molecule has 0 bridgehead atoms. The van der Waals surface area contributed by atoms with E-state index >= 15 is 0 Å². The fourth-order valence-corrected chi connectivity index (χ4v) is 4.88. The molecule has 2 aromatic carbocycles. The highest BCUT2D eigenvalue weighted by atomic mass is 79.9. The van der Waals surface area contributed by atoms with Gasteiger partial charge in [0.25, 0.3) is 11.8 Å². The van der Waals surface area contributed by atoms with Crippen LogP contribution in [0.15, 0.2) is 57.9 Å². The van der Waals surface area contributed by atoms with Crippen LogP contribution < -0.4 is 10.1 Å². The average molecular weight is 533 g/mol. The van der Waals surface area contributed by atoms with Gasteiger partial charge in [0.05, 0.1) is 17.6 Å². The third-order valence-electron chi connectivity index (χ3n) is 4.96. The van der Waals surface area contributed by atoms with Gasteiger partial charge in [0, 0.05) is 16.8 Å². The number of benzene rings is 2. The highest BCUT2D eigenvalue weighted by Crippen LogP contribution is 2.33. The predicted octanol–water partition coefficient (Wildman–Crippen LogP) is 4.85. The molecule has 2 amide bonds. The Morgan fingerprint density at radius 1 is 1.25 bits per heavy atom. The van der Waals surface area contributed by atoms with Crippen molar-refractivity contribution < 1.29 is 19.1 Å². The smallest absolute Gasteiger partial charge is 0.266 e. The van der Waals surface area contributed by atoms with E-state index in [1.807, 2.05) is 30.3 Å². The topological polar surface area (TPSA) is 67.9 Å². The molecular weight excluding hydrogens is 512 g/mol. The number of hydrogen-bond donors (Lipinski definition) is 1. The number of rotatable bonds is 7. The number of thioether (sulfide) groups is 1. The summed E-state index contributed by atoms with van der Waals surface area (Å²) in [6.07, 6.45) is 3.86. The number of ether oxygens (including phenoxy) is 2. The van der Waals surface area contributed by atoms with E-state index in [-0.39, 0.29) is 24.5 Å². The molecule has 2 heterocycles. The van der Waals surface area contributed by atoms with E-state index in [2.05, 4.69) is 21.2 Å². The summed E-state index contributed by atoms with van der Waals surface area (Å²) >= 11 is 10.1. The third kappa shape index (κ3) is 5.98. The third-order valence-corrected chi connectivity index (χ3v) is 6.87. The van der Waals surface area contributed by atoms with E-state index < -0.39 is 0 Å². The number of anilines is 1. The Balaban J connectivity index is 1.30. The molecule has 2 aliphatic heterocycles. The van der Waals surface area contributed by atoms with Gasteiger partial charge in [-0.2, -0.15) is 0 Å². The molecule has 0 aromatic heterocycles. The first-order chi connectivity index (χ1) is 15.5. The first-order valence-corrected chi connectivity index (χ1v) is 12.1. The summed E-state index contributed by atoms with van der Waals surface area (Å²) in [4.78, 5) is 27.0. The van der Waals surface area contributed by atoms with Crippen LogP contribution in [0.2, 0.25) is 0 Å². The zero-order chi connectivity index (χ0) is 22.5. The number of amides is 2. The summed E-state index contributed by atoms with van der Waals surface area (Å²) in [5.74, 6) is 0.241. The zero-order valence-electron chi connectivity index (χ0n) is 17.1. The molecule has 0 spiro atoms. The van der Waals surface area contributed by atoms with Crippen molar-refractivity contribution in [3.63, 3.8) is 0 Å². The van der Waals surface area contributed by atoms with Gasteiger partial charge in [-0.05, 0) is 60.9 Å². The van der Waals surface area contributed by atoms with Crippen molar-refractivity contribution in [2.45, 2.75) is 18.9 Å². The van der Waals surface area contributed by atoms with Gasteiger partial charge in [-0.3, -0.25) is 14.5 Å². The van der Waals surface area contributed by atoms with Crippen LogP contribution in [0.3, 0.4) is 0 Å². The maximum absolute atomic E-state index is 12.7. The summed E-state index contributed by atoms with van der Waals surface area (Å²) < 4.78 is 12.7. The number of nitrogens with one attached hydrogen (secondary N) is 1. The van der Waals surface area contributed by atoms with Crippen molar-refractivity contribution in [1.29, 1.82) is 0 Å². The molecule has 2 aliphatic rings. The Morgan fingerprint density at radius 3 is 2.69 bits per heavy atom. The maximum Gasteiger partial charge on any atom is 0.266 e. The second-order valence-corrected chi connectivity index (χ2v) is 9.93. The summed E-state index contributed by atoms with van der Waals surface area (Å²) in [5, 5.41) is 2.78. The highest BCUT2D eigenvalue weighted by molar-refractivity contribution is 9.10. The van der Waals surface area contributed by atoms with Crippen LogP contribution in [-0.4, -0.2) is 46.9 Å². The molecule has 9 heteroatoms. The lowest BCUT2D eigenvalue weighted by Crippen LogP contribution is -2.35. The quantitative estimate of drug-likeness (QED) is 0.406. The largest absolute Gasteiger partial charge is 0.484 e. The minimum atomic E-state index is -0.244. The first-order valence-electron chi connectivity index (χ1n) is 10.1. The minimum absolute atomic E-state index is 0.0641. The van der Waals surface area contributed by atoms with Gasteiger partial charge in [-0.15, -0.1) is 0 Å². The van der Waals surface area contributed by atoms with Crippen molar-refractivity contribution in [2.24, 2.45) is 0 Å². The van der Waals surface area contributed by atoms with Crippen LogP contribution in [0.1, 0.15) is 18.4 Å². The van der Waals surface area contributed by atoms with E-state index in [1.54, 1.807) is 29.2 Å². The lowest BCUT2D eigenvalue weighted by molar-refractivity contribution is -0.123. The van der Waals surface area contributed by atoms with E-state index in [9.17, 15) is 9.59 Å². The van der Waals surface area contributed by atoms with Gasteiger partial charge in [-0.25, -0.2) is 0 Å². The zero-order valence-corrected chi connectivity index (χ0v) is 20.3. The normalized spacial score (nSPS) is 19.6. The molecule has 6 nitrogen and oxygen atoms in total. The fourth-order valence-electron chi connectivity index (χ4n) is 3.34. The van der Waals surface area contributed by atoms with Crippen LogP contribution in [-0.2, 0) is 14.3 Å². The monoisotopic (exact) mass is 532 g/mol. The van der Waals surface area contributed by atoms with Crippen LogP contribution in [0.25, 0.3) is 6.08 Å². The van der Waals surface area contributed by atoms with E-state index in [4.69, 9.17) is 21.7 Å². The van der Waals surface area contributed by atoms with E-state index in [0.717, 1.165) is 29.5 Å². The van der Waals surface area contributed by atoms with Crippen LogP contribution in [0.4, 0.5) is 5.69 Å². The maximum atomic E-state index is 12.7. The van der Waals surface area contributed by atoms with E-state index in [1.165, 1.54) is 11.8 Å². The Labute approximate surface area is 204 Å². The van der Waals surface area contributed by atoms with Gasteiger partial charge in [-0.1, -0.05) is 52.0 Å². The highest BCUT2D eigenvalue weighted by Gasteiger charge is 2.34. The molecule has 32 heavy (non-hydrogen) atoms. The molecule has 1 unspecified atom stereocenters. The molecule has 0 saturated carbocycles. The summed E-state index contributed by atoms with van der Waals surface area (Å²) in [6.45, 7) is 1.16. The molecule has 0 radical (unpaired) electrons. The molecule has 166 valence electrons. The SMILES string of the molecule is O=C(COc1ccc(C=C2SC(=S)N(CC3CCCO3)C2=O)cc1)Nc1ccc(Br)cc1. The molecule has 1 atom stereocenters. The number of hydrogen-bond acceptors (Lipinski definition) is 6. The lowest BCUT2D eigenvalue weighted by atomic mass is 10.2. The first kappa shape index (κ1) is 23.0. The molecule has 2 aromatic rings. The fraction of sp³-hybridized carbons (Fsp3) is 0.261. The number of thiocarbonyl (C=S) groups is 1. The molecule has 2 fully saturated rings. The van der Waals surface area contributed by atoms with Crippen LogP contribution in [0.5, 0.6) is 5.75 Å². The lowest BCUT2D eigenvalue weighted by Gasteiger charge is -2.18. The molecule has 1 N–H and O–H groups in total. The molecule has 0 aliphatic carbocycles. The van der Waals surface area contributed by atoms with Gasteiger partial charge in [0.2, 0.25) is 0 Å². The Morgan fingerprint density at radius 2 is 2.00 bits per heavy atom. The van der Waals surface area contributed by atoms with Crippen molar-refractivity contribution in [3.05, 3.63) is 63.5 Å². The second-order valence-electron chi connectivity index (χ2n) is 7.34. The predicted molar refractivity (Wildman–Crippen MR) is 134 cm³/mol. The minimum Gasteiger partial charge on any atom is -0.484 e. The number of nitrogens with zero attached hydrogens (tertiary/aromatic N) is 1. The van der Waals surface area contributed by atoms with Crippen LogP contribution in [0, 0.1) is 0 Å². The van der Waals surface area contributed by atoms with Crippen molar-refractivity contribution >= 4 is 67.8 Å². The van der Waals surface area contributed by atoms with Crippen molar-refractivity contribution in [2.75, 3.05) is 25.1 Å². The van der Waals surface area contributed by atoms with E-state index in [0.29, 0.717) is 27.2 Å². The average Bonchev–Trinajstić information content (AvgIpc) is 3.39. The Hall–Kier alpha value is -2.20. The second kappa shape index (κ2) is 10.6. The summed E-state index contributed by atoms with van der Waals surface area (Å²) in [6, 6.07) is 14.5. The molecule has 4 rings (SSSR count).